The maximum atomic E-state index is 13.6. The highest BCUT2D eigenvalue weighted by Crippen LogP contribution is 2.20. The number of amides is 2. The molecule has 11 heteroatoms. The van der Waals surface area contributed by atoms with E-state index in [9.17, 15) is 26.8 Å². The van der Waals surface area contributed by atoms with Gasteiger partial charge < -0.3 is 15.4 Å². The van der Waals surface area contributed by atoms with Crippen molar-refractivity contribution in [1.29, 1.82) is 0 Å². The number of hydrogen-bond donors (Lipinski definition) is 2. The number of halogens is 2. The fraction of sp³-hybridized carbons (Fsp3) is 0.300. The van der Waals surface area contributed by atoms with Gasteiger partial charge in [-0.15, -0.1) is 0 Å². The second-order valence-corrected chi connectivity index (χ2v) is 8.68. The third kappa shape index (κ3) is 5.06. The molecule has 1 unspecified atom stereocenters. The van der Waals surface area contributed by atoms with Gasteiger partial charge in [-0.2, -0.15) is 4.31 Å². The van der Waals surface area contributed by atoms with E-state index in [1.807, 2.05) is 0 Å². The summed E-state index contributed by atoms with van der Waals surface area (Å²) in [6, 6.07) is 6.90. The molecule has 2 aromatic carbocycles. The van der Waals surface area contributed by atoms with Crippen molar-refractivity contribution in [2.45, 2.75) is 10.9 Å². The molecule has 0 saturated carbocycles. The summed E-state index contributed by atoms with van der Waals surface area (Å²) in [5.74, 6) is -3.67. The van der Waals surface area contributed by atoms with Gasteiger partial charge in [-0.25, -0.2) is 17.2 Å². The highest BCUT2D eigenvalue weighted by Gasteiger charge is 2.28. The van der Waals surface area contributed by atoms with Crippen LogP contribution in [0.15, 0.2) is 47.4 Å². The van der Waals surface area contributed by atoms with Gasteiger partial charge in [0.15, 0.2) is 11.6 Å². The van der Waals surface area contributed by atoms with Crippen LogP contribution in [0.25, 0.3) is 0 Å². The van der Waals surface area contributed by atoms with Crippen molar-refractivity contribution in [2.24, 2.45) is 0 Å². The van der Waals surface area contributed by atoms with Crippen molar-refractivity contribution in [3.05, 3.63) is 65.2 Å². The highest BCUT2D eigenvalue weighted by molar-refractivity contribution is 7.89. The molecule has 2 amide bonds. The average molecular weight is 453 g/mol. The van der Waals surface area contributed by atoms with E-state index in [1.54, 1.807) is 0 Å². The Hall–Kier alpha value is -2.89. The molecule has 1 saturated heterocycles. The van der Waals surface area contributed by atoms with Crippen LogP contribution in [0, 0.1) is 11.6 Å². The van der Waals surface area contributed by atoms with Gasteiger partial charge in [-0.05, 0) is 35.9 Å². The maximum absolute atomic E-state index is 13.6. The summed E-state index contributed by atoms with van der Waals surface area (Å²) < 4.78 is 59.0. The smallest absolute Gasteiger partial charge is 0.252 e. The van der Waals surface area contributed by atoms with Gasteiger partial charge in [0.2, 0.25) is 15.9 Å². The van der Waals surface area contributed by atoms with E-state index in [-0.39, 0.29) is 42.3 Å². The molecule has 2 aromatic rings. The van der Waals surface area contributed by atoms with Crippen molar-refractivity contribution in [3.63, 3.8) is 0 Å². The number of nitrogens with one attached hydrogen (secondary N) is 2. The SMILES string of the molecule is CNC(=O)C(NC(=O)c1cccc(S(=O)(=O)N2CCOCC2)c1)c1ccc(F)c(F)c1. The zero-order valence-corrected chi connectivity index (χ0v) is 17.4. The minimum absolute atomic E-state index is 0.00850. The van der Waals surface area contributed by atoms with Crippen LogP contribution < -0.4 is 10.6 Å². The number of carbonyl (C=O) groups is 2. The lowest BCUT2D eigenvalue weighted by molar-refractivity contribution is -0.122. The Balaban J connectivity index is 1.86. The third-order valence-corrected chi connectivity index (χ3v) is 6.66. The Morgan fingerprint density at radius 3 is 2.42 bits per heavy atom. The van der Waals surface area contributed by atoms with E-state index in [0.717, 1.165) is 12.1 Å². The number of hydrogen-bond acceptors (Lipinski definition) is 5. The Bertz CT molecular complexity index is 1090. The van der Waals surface area contributed by atoms with Crippen molar-refractivity contribution in [1.82, 2.24) is 14.9 Å². The zero-order valence-electron chi connectivity index (χ0n) is 16.6. The van der Waals surface area contributed by atoms with Crippen LogP contribution in [0.3, 0.4) is 0 Å². The van der Waals surface area contributed by atoms with Crippen LogP contribution >= 0.6 is 0 Å². The van der Waals surface area contributed by atoms with Crippen molar-refractivity contribution >= 4 is 21.8 Å². The normalized spacial score (nSPS) is 15.8. The third-order valence-electron chi connectivity index (χ3n) is 4.77. The number of carbonyl (C=O) groups excluding carboxylic acids is 2. The van der Waals surface area contributed by atoms with Crippen LogP contribution in [0.1, 0.15) is 22.0 Å². The molecule has 8 nitrogen and oxygen atoms in total. The van der Waals surface area contributed by atoms with Crippen LogP contribution in [0.2, 0.25) is 0 Å². The van der Waals surface area contributed by atoms with Crippen molar-refractivity contribution in [3.8, 4) is 0 Å². The summed E-state index contributed by atoms with van der Waals surface area (Å²) in [6.45, 7) is 0.962. The fourth-order valence-corrected chi connectivity index (χ4v) is 4.54. The summed E-state index contributed by atoms with van der Waals surface area (Å²) in [6.07, 6.45) is 0. The molecule has 0 aromatic heterocycles. The van der Waals surface area contributed by atoms with Gasteiger partial charge in [-0.1, -0.05) is 12.1 Å². The van der Waals surface area contributed by atoms with Crippen LogP contribution in [-0.2, 0) is 19.6 Å². The Morgan fingerprint density at radius 2 is 1.77 bits per heavy atom. The first-order chi connectivity index (χ1) is 14.7. The molecular weight excluding hydrogens is 432 g/mol. The van der Waals surface area contributed by atoms with Gasteiger partial charge in [0.1, 0.15) is 6.04 Å². The molecule has 1 aliphatic rings. The van der Waals surface area contributed by atoms with Gasteiger partial charge >= 0.3 is 0 Å². The summed E-state index contributed by atoms with van der Waals surface area (Å²) in [5.41, 5.74) is 0.0227. The number of nitrogens with zero attached hydrogens (tertiary/aromatic N) is 1. The minimum Gasteiger partial charge on any atom is -0.379 e. The molecule has 31 heavy (non-hydrogen) atoms. The van der Waals surface area contributed by atoms with E-state index in [2.05, 4.69) is 10.6 Å². The number of rotatable bonds is 6. The van der Waals surface area contributed by atoms with E-state index >= 15 is 0 Å². The lowest BCUT2D eigenvalue weighted by Gasteiger charge is -2.26. The molecule has 2 N–H and O–H groups in total. The molecule has 1 heterocycles. The van der Waals surface area contributed by atoms with E-state index in [4.69, 9.17) is 4.74 Å². The van der Waals surface area contributed by atoms with E-state index in [1.165, 1.54) is 41.7 Å². The van der Waals surface area contributed by atoms with Gasteiger partial charge in [-0.3, -0.25) is 9.59 Å². The molecule has 166 valence electrons. The van der Waals surface area contributed by atoms with Gasteiger partial charge in [0.25, 0.3) is 5.91 Å². The molecule has 3 rings (SSSR count). The topological polar surface area (TPSA) is 105 Å². The number of benzene rings is 2. The highest BCUT2D eigenvalue weighted by atomic mass is 32.2. The lowest BCUT2D eigenvalue weighted by atomic mass is 10.0. The summed E-state index contributed by atoms with van der Waals surface area (Å²) >= 11 is 0. The van der Waals surface area contributed by atoms with Gasteiger partial charge in [0, 0.05) is 25.7 Å². The van der Waals surface area contributed by atoms with Gasteiger partial charge in [0.05, 0.1) is 18.1 Å². The first-order valence-electron chi connectivity index (χ1n) is 9.39. The number of likely N-dealkylation sites (N-methyl/N-ethyl adjacent to an activating group) is 1. The van der Waals surface area contributed by atoms with E-state index < -0.39 is 39.5 Å². The minimum atomic E-state index is -3.83. The van der Waals surface area contributed by atoms with E-state index in [0.29, 0.717) is 0 Å². The summed E-state index contributed by atoms with van der Waals surface area (Å²) in [4.78, 5) is 24.9. The second-order valence-electron chi connectivity index (χ2n) is 6.74. The van der Waals surface area contributed by atoms with Crippen molar-refractivity contribution in [2.75, 3.05) is 33.4 Å². The Labute approximate surface area is 178 Å². The second kappa shape index (κ2) is 9.50. The molecule has 0 bridgehead atoms. The monoisotopic (exact) mass is 453 g/mol. The average Bonchev–Trinajstić information content (AvgIpc) is 2.79. The predicted molar refractivity (Wildman–Crippen MR) is 107 cm³/mol. The molecule has 0 aliphatic carbocycles. The van der Waals surface area contributed by atoms with Crippen LogP contribution in [0.5, 0.6) is 0 Å². The number of morpholine rings is 1. The first-order valence-corrected chi connectivity index (χ1v) is 10.8. The number of sulfonamides is 1. The Kier molecular flexibility index (Phi) is 6.98. The molecule has 1 fully saturated rings. The molecule has 1 aliphatic heterocycles. The summed E-state index contributed by atoms with van der Waals surface area (Å²) in [7, 11) is -2.50. The lowest BCUT2D eigenvalue weighted by Crippen LogP contribution is -2.41. The fourth-order valence-electron chi connectivity index (χ4n) is 3.08. The van der Waals surface area contributed by atoms with Crippen LogP contribution in [-0.4, -0.2) is 57.9 Å². The van der Waals surface area contributed by atoms with Crippen LogP contribution in [0.4, 0.5) is 8.78 Å². The zero-order chi connectivity index (χ0) is 22.6. The molecule has 0 radical (unpaired) electrons. The maximum Gasteiger partial charge on any atom is 0.252 e. The number of ether oxygens (including phenoxy) is 1. The molecule has 1 atom stereocenters. The molecule has 0 spiro atoms. The standard InChI is InChI=1S/C20H21F2N3O5S/c1-23-20(27)18(13-5-6-16(21)17(22)12-13)24-19(26)14-3-2-4-15(11-14)31(28,29)25-7-9-30-10-8-25/h2-6,11-12,18H,7-10H2,1H3,(H,23,27)(H,24,26). The molecular formula is C20H21F2N3O5S. The summed E-state index contributed by atoms with van der Waals surface area (Å²) in [5, 5.41) is 4.79. The Morgan fingerprint density at radius 1 is 1.06 bits per heavy atom. The first kappa shape index (κ1) is 22.8. The predicted octanol–water partition coefficient (Wildman–Crippen LogP) is 1.20. The largest absolute Gasteiger partial charge is 0.379 e. The van der Waals surface area contributed by atoms with Crippen molar-refractivity contribution < 1.29 is 31.5 Å². The quantitative estimate of drug-likeness (QED) is 0.684.